The summed E-state index contributed by atoms with van der Waals surface area (Å²) in [6, 6.07) is 5.38. The number of hydrogen-bond donors (Lipinski definition) is 2. The molecule has 0 saturated carbocycles. The number of β-lactam (4-membered cyclic amide) rings is 1. The number of thioether (sulfide) groups is 1. The second-order valence-corrected chi connectivity index (χ2v) is 9.79. The molecular weight excluding hydrogens is 418 g/mol. The van der Waals surface area contributed by atoms with Crippen molar-refractivity contribution in [3.05, 3.63) is 40.7 Å². The Labute approximate surface area is 176 Å². The molecule has 0 aromatic heterocycles. The minimum absolute atomic E-state index is 0.134. The number of para-hydroxylation sites is 1. The topological polar surface area (TPSA) is 99.2 Å². The minimum Gasteiger partial charge on any atom is -0.480 e. The van der Waals surface area contributed by atoms with E-state index < -0.39 is 40.0 Å². The molecule has 2 amide bonds. The first-order chi connectivity index (χ1) is 13.6. The Morgan fingerprint density at radius 2 is 2.03 bits per heavy atom. The zero-order valence-electron chi connectivity index (χ0n) is 16.0. The fourth-order valence-electron chi connectivity index (χ4n) is 3.98. The molecule has 29 heavy (non-hydrogen) atoms. The van der Waals surface area contributed by atoms with Crippen LogP contribution in [0.3, 0.4) is 0 Å². The van der Waals surface area contributed by atoms with Gasteiger partial charge in [0, 0.05) is 4.75 Å². The normalized spacial score (nSPS) is 27.4. The highest BCUT2D eigenvalue weighted by atomic mass is 35.5. The molecule has 0 spiro atoms. The fraction of sp³-hybridized carbons (Fsp3) is 0.421. The zero-order valence-corrected chi connectivity index (χ0v) is 17.6. The van der Waals surface area contributed by atoms with E-state index in [2.05, 4.69) is 5.32 Å². The molecule has 3 heterocycles. The molecule has 0 aliphatic carbocycles. The first-order valence-electron chi connectivity index (χ1n) is 9.03. The highest BCUT2D eigenvalue weighted by molar-refractivity contribution is 8.01. The van der Waals surface area contributed by atoms with Gasteiger partial charge in [-0.3, -0.25) is 14.5 Å². The van der Waals surface area contributed by atoms with Gasteiger partial charge in [-0.15, -0.1) is 11.8 Å². The summed E-state index contributed by atoms with van der Waals surface area (Å²) in [5, 5.41) is 12.3. The van der Waals surface area contributed by atoms with Crippen molar-refractivity contribution in [1.29, 1.82) is 0 Å². The summed E-state index contributed by atoms with van der Waals surface area (Å²) in [5.74, 6) is -1.48. The average molecular weight is 438 g/mol. The van der Waals surface area contributed by atoms with E-state index in [-0.39, 0.29) is 12.4 Å². The molecule has 4 rings (SSSR count). The Balaban J connectivity index is 1.54. The van der Waals surface area contributed by atoms with E-state index in [1.54, 1.807) is 49.9 Å². The molecule has 0 radical (unpaired) electrons. The quantitative estimate of drug-likeness (QED) is 0.695. The van der Waals surface area contributed by atoms with Crippen LogP contribution in [0, 0.1) is 0 Å². The van der Waals surface area contributed by atoms with E-state index in [1.165, 1.54) is 16.7 Å². The van der Waals surface area contributed by atoms with Crippen molar-refractivity contribution in [2.75, 3.05) is 11.6 Å². The lowest BCUT2D eigenvalue weighted by Gasteiger charge is -2.43. The van der Waals surface area contributed by atoms with E-state index in [0.717, 1.165) is 0 Å². The third-order valence-electron chi connectivity index (χ3n) is 5.33. The third kappa shape index (κ3) is 3.03. The van der Waals surface area contributed by atoms with Gasteiger partial charge >= 0.3 is 5.97 Å². The molecule has 2 fully saturated rings. The molecule has 3 unspecified atom stereocenters. The fourth-order valence-corrected chi connectivity index (χ4v) is 5.85. The van der Waals surface area contributed by atoms with Gasteiger partial charge in [0.05, 0.1) is 10.7 Å². The molecule has 3 aliphatic heterocycles. The number of allylic oxidation sites excluding steroid dienone is 1. The summed E-state index contributed by atoms with van der Waals surface area (Å²) < 4.78 is 4.89. The Hall–Kier alpha value is -2.39. The molecule has 3 atom stereocenters. The van der Waals surface area contributed by atoms with Crippen LogP contribution in [0.1, 0.15) is 20.8 Å². The smallest absolute Gasteiger partial charge is 0.327 e. The van der Waals surface area contributed by atoms with Crippen molar-refractivity contribution in [1.82, 2.24) is 10.2 Å². The molecule has 1 aromatic carbocycles. The summed E-state index contributed by atoms with van der Waals surface area (Å²) in [4.78, 5) is 40.3. The molecule has 2 N–H and O–H groups in total. The first-order valence-corrected chi connectivity index (χ1v) is 10.3. The number of nitrogens with zero attached hydrogens (tertiary/aromatic N) is 2. The molecule has 8 nitrogen and oxygen atoms in total. The highest BCUT2D eigenvalue weighted by Gasteiger charge is 2.64. The molecular formula is C19H20ClN3O5S. The van der Waals surface area contributed by atoms with Gasteiger partial charge in [0.1, 0.15) is 28.9 Å². The standard InChI is InChI=1S/C19H20ClN3O5S/c1-9-13(22(8-28-9)11-7-5-4-6-10(11)20)15(24)21-12-16(25)23-14(18(26)27)19(2,3)29-17(12)23/h4-7,12,14,17H,8H2,1-3H3,(H,21,24)(H,26,27). The van der Waals surface area contributed by atoms with Crippen LogP contribution >= 0.6 is 23.4 Å². The number of aliphatic carboxylic acids is 1. The Kier molecular flexibility index (Phi) is 4.70. The summed E-state index contributed by atoms with van der Waals surface area (Å²) in [7, 11) is 0. The van der Waals surface area contributed by atoms with Gasteiger partial charge in [-0.2, -0.15) is 0 Å². The van der Waals surface area contributed by atoms with Crippen LogP contribution in [-0.4, -0.2) is 56.7 Å². The number of nitrogens with one attached hydrogen (secondary N) is 1. The lowest BCUT2D eigenvalue weighted by Crippen LogP contribution is -2.70. The summed E-state index contributed by atoms with van der Waals surface area (Å²) in [6.45, 7) is 5.39. The van der Waals surface area contributed by atoms with Gasteiger partial charge in [0.15, 0.2) is 6.73 Å². The second-order valence-electron chi connectivity index (χ2n) is 7.61. The first kappa shape index (κ1) is 19.9. The van der Waals surface area contributed by atoms with Crippen molar-refractivity contribution in [2.45, 2.75) is 43.0 Å². The summed E-state index contributed by atoms with van der Waals surface area (Å²) in [6.07, 6.45) is 0. The van der Waals surface area contributed by atoms with Gasteiger partial charge in [0.25, 0.3) is 5.91 Å². The number of ether oxygens (including phenoxy) is 1. The van der Waals surface area contributed by atoms with Crippen LogP contribution in [0.5, 0.6) is 0 Å². The number of benzene rings is 1. The molecule has 2 saturated heterocycles. The SMILES string of the molecule is CC1=C(C(=O)NC2C(=O)N3C2SC(C)(C)C3C(=O)O)N(c2ccccc2Cl)CO1. The van der Waals surface area contributed by atoms with E-state index in [9.17, 15) is 19.5 Å². The van der Waals surface area contributed by atoms with Crippen LogP contribution in [0.2, 0.25) is 5.02 Å². The number of amides is 2. The van der Waals surface area contributed by atoms with Gasteiger partial charge in [-0.05, 0) is 32.9 Å². The van der Waals surface area contributed by atoms with Gasteiger partial charge in [-0.1, -0.05) is 23.7 Å². The lowest BCUT2D eigenvalue weighted by molar-refractivity contribution is -0.160. The van der Waals surface area contributed by atoms with Crippen molar-refractivity contribution in [3.63, 3.8) is 0 Å². The predicted octanol–water partition coefficient (Wildman–Crippen LogP) is 2.00. The number of fused-ring (bicyclic) bond motifs is 1. The predicted molar refractivity (Wildman–Crippen MR) is 108 cm³/mol. The average Bonchev–Trinajstić information content (AvgIpc) is 3.15. The summed E-state index contributed by atoms with van der Waals surface area (Å²) >= 11 is 7.65. The van der Waals surface area contributed by atoms with Crippen LogP contribution in [0.4, 0.5) is 5.69 Å². The number of carboxylic acid groups (broad SMARTS) is 1. The maximum absolute atomic E-state index is 13.0. The largest absolute Gasteiger partial charge is 0.480 e. The number of rotatable bonds is 4. The van der Waals surface area contributed by atoms with Crippen LogP contribution in [0.25, 0.3) is 0 Å². The number of anilines is 1. The molecule has 3 aliphatic rings. The Morgan fingerprint density at radius 1 is 1.34 bits per heavy atom. The molecule has 1 aromatic rings. The highest BCUT2D eigenvalue weighted by Crippen LogP contribution is 2.50. The van der Waals surface area contributed by atoms with Gasteiger partial charge in [0.2, 0.25) is 5.91 Å². The number of carbonyl (C=O) groups is 3. The second kappa shape index (κ2) is 6.84. The third-order valence-corrected chi connectivity index (χ3v) is 7.22. The van der Waals surface area contributed by atoms with Crippen molar-refractivity contribution in [2.24, 2.45) is 0 Å². The summed E-state index contributed by atoms with van der Waals surface area (Å²) in [5.41, 5.74) is 0.904. The molecule has 0 bridgehead atoms. The van der Waals surface area contributed by atoms with E-state index in [0.29, 0.717) is 16.5 Å². The Morgan fingerprint density at radius 3 is 2.69 bits per heavy atom. The number of halogens is 1. The monoisotopic (exact) mass is 437 g/mol. The van der Waals surface area contributed by atoms with Crippen LogP contribution < -0.4 is 10.2 Å². The van der Waals surface area contributed by atoms with E-state index in [1.807, 2.05) is 0 Å². The van der Waals surface area contributed by atoms with Crippen molar-refractivity contribution < 1.29 is 24.2 Å². The van der Waals surface area contributed by atoms with Gasteiger partial charge < -0.3 is 20.1 Å². The van der Waals surface area contributed by atoms with Crippen LogP contribution in [-0.2, 0) is 19.1 Å². The zero-order chi connectivity index (χ0) is 21.1. The van der Waals surface area contributed by atoms with Crippen molar-refractivity contribution >= 4 is 46.8 Å². The number of carbonyl (C=O) groups excluding carboxylic acids is 2. The Bertz CT molecular complexity index is 950. The molecule has 10 heteroatoms. The minimum atomic E-state index is -1.05. The maximum atomic E-state index is 13.0. The molecule has 154 valence electrons. The van der Waals surface area contributed by atoms with Crippen LogP contribution in [0.15, 0.2) is 35.7 Å². The number of hydrogen-bond acceptors (Lipinski definition) is 6. The lowest BCUT2D eigenvalue weighted by atomic mass is 9.96. The van der Waals surface area contributed by atoms with E-state index in [4.69, 9.17) is 16.3 Å². The number of carboxylic acids is 1. The maximum Gasteiger partial charge on any atom is 0.327 e. The van der Waals surface area contributed by atoms with Gasteiger partial charge in [-0.25, -0.2) is 4.79 Å². The van der Waals surface area contributed by atoms with Crippen molar-refractivity contribution in [3.8, 4) is 0 Å². The van der Waals surface area contributed by atoms with E-state index >= 15 is 0 Å².